The molecule has 111 heavy (non-hydrogen) atoms. The van der Waals surface area contributed by atoms with Crippen LogP contribution >= 0.6 is 0 Å². The molecule has 1 aliphatic carbocycles. The lowest BCUT2D eigenvalue weighted by Crippen LogP contribution is -2.33. The normalized spacial score (nSPS) is 13.4. The SMILES string of the molecule is CC(C)(C)OC(=O)NCCc1c[nH]c2cc(C(C)(C)C)ccc12.CC(C)(C)c1ccc2c(C3CCCC3)c[nH]c2c1.CC(C)c1c[nH]c2cc(C(C)(C)C)ccc12.CCC(C)c1c[nH]c2cc(C(C)(C)C)ccc12.CCOC(=O)Cc1c[nH]c2cc(C(C)(C)C)ccc12.CCOCCc1c[nH]c2cc(C(C)(C)C)ccc12. The average Bonchev–Trinajstić information content (AvgIpc) is 1.71. The average molecular weight is 1510 g/mol. The zero-order chi connectivity index (χ0) is 81.8. The number of hydrogen-bond donors (Lipinski definition) is 7. The van der Waals surface area contributed by atoms with Gasteiger partial charge in [0.1, 0.15) is 5.60 Å². The second-order valence-corrected chi connectivity index (χ2v) is 38.3. The lowest BCUT2D eigenvalue weighted by molar-refractivity contribution is -0.142. The van der Waals surface area contributed by atoms with Crippen molar-refractivity contribution in [3.8, 4) is 0 Å². The Morgan fingerprint density at radius 1 is 0.414 bits per heavy atom. The van der Waals surface area contributed by atoms with Crippen LogP contribution in [0.15, 0.2) is 146 Å². The van der Waals surface area contributed by atoms with Gasteiger partial charge in [0.25, 0.3) is 0 Å². The van der Waals surface area contributed by atoms with Gasteiger partial charge in [-0.25, -0.2) is 4.79 Å². The molecule has 1 saturated carbocycles. The molecule has 0 aliphatic heterocycles. The second kappa shape index (κ2) is 36.8. The Morgan fingerprint density at radius 3 is 1.14 bits per heavy atom. The molecule has 13 rings (SSSR count). The van der Waals surface area contributed by atoms with E-state index < -0.39 is 5.60 Å². The van der Waals surface area contributed by atoms with Crippen LogP contribution in [-0.4, -0.2) is 73.9 Å². The van der Waals surface area contributed by atoms with Gasteiger partial charge in [0.15, 0.2) is 0 Å². The van der Waals surface area contributed by atoms with Crippen molar-refractivity contribution < 1.29 is 23.8 Å². The summed E-state index contributed by atoms with van der Waals surface area (Å²) in [5, 5.41) is 10.6. The molecule has 12 nitrogen and oxygen atoms in total. The van der Waals surface area contributed by atoms with Crippen molar-refractivity contribution in [1.82, 2.24) is 35.2 Å². The van der Waals surface area contributed by atoms with E-state index in [0.717, 1.165) is 54.0 Å². The van der Waals surface area contributed by atoms with Gasteiger partial charge in [-0.05, 0) is 220 Å². The second-order valence-electron chi connectivity index (χ2n) is 38.3. The van der Waals surface area contributed by atoms with Crippen molar-refractivity contribution >= 4 is 77.5 Å². The largest absolute Gasteiger partial charge is 0.466 e. The number of hydrogen-bond acceptors (Lipinski definition) is 5. The Balaban J connectivity index is 0.000000168. The first-order chi connectivity index (χ1) is 51.9. The monoisotopic (exact) mass is 1510 g/mol. The topological polar surface area (TPSA) is 169 Å². The van der Waals surface area contributed by atoms with Crippen molar-refractivity contribution in [3.05, 3.63) is 213 Å². The van der Waals surface area contributed by atoms with E-state index in [9.17, 15) is 9.59 Å². The van der Waals surface area contributed by atoms with Crippen molar-refractivity contribution in [3.63, 3.8) is 0 Å². The number of H-pyrrole nitrogens is 6. The molecule has 12 heteroatoms. The highest BCUT2D eigenvalue weighted by atomic mass is 16.6. The Kier molecular flexibility index (Phi) is 29.1. The maximum atomic E-state index is 11.7. The summed E-state index contributed by atoms with van der Waals surface area (Å²) in [6, 6.07) is 40.2. The highest BCUT2D eigenvalue weighted by Gasteiger charge is 2.25. The molecule has 0 spiro atoms. The molecule has 1 aliphatic rings. The molecular weight excluding hydrogens is 1370 g/mol. The third kappa shape index (κ3) is 24.1. The first-order valence-corrected chi connectivity index (χ1v) is 41.2. The minimum absolute atomic E-state index is 0.126. The van der Waals surface area contributed by atoms with Gasteiger partial charge >= 0.3 is 12.1 Å². The third-order valence-corrected chi connectivity index (χ3v) is 21.6. The Hall–Kier alpha value is -8.74. The molecule has 12 aromatic rings. The Labute approximate surface area is 666 Å². The number of aromatic nitrogens is 6. The van der Waals surface area contributed by atoms with Crippen LogP contribution in [0.25, 0.3) is 65.4 Å². The van der Waals surface area contributed by atoms with Crippen LogP contribution in [-0.2, 0) is 70.8 Å². The minimum atomic E-state index is -0.464. The lowest BCUT2D eigenvalue weighted by Gasteiger charge is -2.19. The molecular formula is C99H139N7O5. The van der Waals surface area contributed by atoms with Crippen LogP contribution in [0.4, 0.5) is 4.79 Å². The summed E-state index contributed by atoms with van der Waals surface area (Å²) in [6.45, 7) is 61.3. The van der Waals surface area contributed by atoms with Crippen molar-refractivity contribution in [2.24, 2.45) is 0 Å². The van der Waals surface area contributed by atoms with Crippen LogP contribution in [0.3, 0.4) is 0 Å². The fraction of sp³-hybridized carbons (Fsp3) is 0.495. The van der Waals surface area contributed by atoms with Gasteiger partial charge < -0.3 is 49.4 Å². The van der Waals surface area contributed by atoms with E-state index in [0.29, 0.717) is 31.4 Å². The molecule has 6 aromatic heterocycles. The van der Waals surface area contributed by atoms with Gasteiger partial charge in [0, 0.05) is 116 Å². The number of carbonyl (C=O) groups excluding carboxylic acids is 2. The molecule has 1 unspecified atom stereocenters. The van der Waals surface area contributed by atoms with E-state index in [2.05, 4.69) is 322 Å². The van der Waals surface area contributed by atoms with Gasteiger partial charge in [-0.15, -0.1) is 0 Å². The van der Waals surface area contributed by atoms with E-state index in [-0.39, 0.29) is 44.6 Å². The molecule has 1 amide bonds. The van der Waals surface area contributed by atoms with E-state index >= 15 is 0 Å². The summed E-state index contributed by atoms with van der Waals surface area (Å²) in [5.74, 6) is 1.82. The van der Waals surface area contributed by atoms with Crippen molar-refractivity contribution in [2.45, 2.75) is 294 Å². The number of esters is 1. The van der Waals surface area contributed by atoms with E-state index in [1.807, 2.05) is 47.0 Å². The molecule has 600 valence electrons. The Morgan fingerprint density at radius 2 is 0.757 bits per heavy atom. The predicted octanol–water partition coefficient (Wildman–Crippen LogP) is 26.8. The van der Waals surface area contributed by atoms with Crippen LogP contribution < -0.4 is 5.32 Å². The summed E-state index contributed by atoms with van der Waals surface area (Å²) >= 11 is 0. The zero-order valence-electron chi connectivity index (χ0n) is 73.1. The maximum Gasteiger partial charge on any atom is 0.407 e. The summed E-state index contributed by atoms with van der Waals surface area (Å²) < 4.78 is 15.6. The van der Waals surface area contributed by atoms with Gasteiger partial charge in [-0.2, -0.15) is 0 Å². The molecule has 0 bridgehead atoms. The van der Waals surface area contributed by atoms with Crippen molar-refractivity contribution in [1.29, 1.82) is 0 Å². The number of rotatable bonds is 14. The number of ether oxygens (including phenoxy) is 3. The standard InChI is InChI=1S/C19H28N2O2.C17H23N.C16H21NO2.C16H23NO.C16H23N.C15H21N/c1-18(2,3)14-7-8-15-13(12-21-16(15)11-14)9-10-20-17(22)23-19(4,5)6;1-17(2,3)13-8-9-14-15(11-18-16(14)10-13)12-6-4-5-7-12;1-5-19-15(18)8-11-10-17-14-9-12(16(2,3)4)6-7-13(11)14;1-5-18-9-8-12-11-17-15-10-13(16(2,3)4)6-7-14(12)15;1-6-11(2)14-10-17-15-9-12(16(3,4)5)7-8-13(14)15;1-10(2)13-9-16-14-8-11(15(3,4)5)6-7-12(13)14/h7-8,11-12,21H,9-10H2,1-6H3,(H,20,22);8-12,18H,4-7H2,1-3H3;6-7,9-10,17H,5,8H2,1-4H3;6-7,10-11,17H,5,8-9H2,1-4H3;7-11,17H,6H2,1-5H3;6-10,16H,1-5H3. The van der Waals surface area contributed by atoms with E-state index in [4.69, 9.17) is 14.2 Å². The summed E-state index contributed by atoms with van der Waals surface area (Å²) in [7, 11) is 0. The molecule has 7 N–H and O–H groups in total. The number of fused-ring (bicyclic) bond motifs is 6. The number of alkyl carbamates (subject to hydrolysis) is 1. The van der Waals surface area contributed by atoms with Crippen LogP contribution in [0.5, 0.6) is 0 Å². The first kappa shape index (κ1) is 87.8. The van der Waals surface area contributed by atoms with E-state index in [1.54, 1.807) is 5.56 Å². The molecule has 6 aromatic carbocycles. The zero-order valence-corrected chi connectivity index (χ0v) is 73.1. The van der Waals surface area contributed by atoms with Crippen molar-refractivity contribution in [2.75, 3.05) is 26.4 Å². The van der Waals surface area contributed by atoms with Gasteiger partial charge in [-0.3, -0.25) is 4.79 Å². The summed E-state index contributed by atoms with van der Waals surface area (Å²) in [4.78, 5) is 43.4. The summed E-state index contributed by atoms with van der Waals surface area (Å²) in [5.41, 5.74) is 24.1. The molecule has 1 atom stereocenters. The highest BCUT2D eigenvalue weighted by molar-refractivity contribution is 5.90. The van der Waals surface area contributed by atoms with Crippen LogP contribution in [0.1, 0.15) is 304 Å². The van der Waals surface area contributed by atoms with Crippen LogP contribution in [0, 0.1) is 0 Å². The number of benzene rings is 6. The number of amides is 1. The fourth-order valence-electron chi connectivity index (χ4n) is 14.4. The lowest BCUT2D eigenvalue weighted by atomic mass is 9.86. The van der Waals surface area contributed by atoms with Gasteiger partial charge in [0.2, 0.25) is 0 Å². The smallest absolute Gasteiger partial charge is 0.407 e. The number of aromatic amines is 6. The minimum Gasteiger partial charge on any atom is -0.466 e. The van der Waals surface area contributed by atoms with Crippen LogP contribution in [0.2, 0.25) is 0 Å². The first-order valence-electron chi connectivity index (χ1n) is 41.2. The number of carbonyl (C=O) groups is 2. The molecule has 6 heterocycles. The van der Waals surface area contributed by atoms with E-state index in [1.165, 1.54) is 137 Å². The van der Waals surface area contributed by atoms with Gasteiger partial charge in [-0.1, -0.05) is 238 Å². The third-order valence-electron chi connectivity index (χ3n) is 21.6. The molecule has 0 radical (unpaired) electrons. The number of nitrogens with one attached hydrogen (secondary N) is 7. The quantitative estimate of drug-likeness (QED) is 0.0424. The Bertz CT molecular complexity index is 4980. The highest BCUT2D eigenvalue weighted by Crippen LogP contribution is 2.40. The molecule has 1 fully saturated rings. The predicted molar refractivity (Wildman–Crippen MR) is 474 cm³/mol. The fourth-order valence-corrected chi connectivity index (χ4v) is 14.4. The maximum absolute atomic E-state index is 11.7. The van der Waals surface area contributed by atoms with Gasteiger partial charge in [0.05, 0.1) is 19.6 Å². The summed E-state index contributed by atoms with van der Waals surface area (Å²) in [6.07, 6.45) is 21.0. The molecule has 0 saturated heterocycles.